The van der Waals surface area contributed by atoms with E-state index in [2.05, 4.69) is 32.6 Å². The molecule has 0 radical (unpaired) electrons. The second kappa shape index (κ2) is 8.27. The van der Waals surface area contributed by atoms with Crippen molar-refractivity contribution >= 4 is 5.78 Å². The summed E-state index contributed by atoms with van der Waals surface area (Å²) in [7, 11) is 0. The lowest BCUT2D eigenvalue weighted by Crippen LogP contribution is -2.55. The smallest absolute Gasteiger partial charge is 0.159 e. The number of hydrogen-bond donors (Lipinski definition) is 1. The third-order valence-electron chi connectivity index (χ3n) is 11.1. The lowest BCUT2D eigenvalue weighted by molar-refractivity contribution is -0.138. The van der Waals surface area contributed by atoms with Gasteiger partial charge in [-0.3, -0.25) is 4.79 Å². The van der Waals surface area contributed by atoms with Gasteiger partial charge in [0, 0.05) is 11.1 Å². The van der Waals surface area contributed by atoms with Crippen LogP contribution in [0.3, 0.4) is 0 Å². The highest BCUT2D eigenvalue weighted by Gasteiger charge is 2.60. The molecule has 0 aliphatic heterocycles. The second-order valence-corrected chi connectivity index (χ2v) is 12.5. The maximum Gasteiger partial charge on any atom is 0.159 e. The van der Waals surface area contributed by atoms with Crippen LogP contribution in [0.25, 0.3) is 0 Å². The van der Waals surface area contributed by atoms with Gasteiger partial charge in [0.25, 0.3) is 0 Å². The Bertz CT molecular complexity index is 984. The van der Waals surface area contributed by atoms with E-state index in [1.54, 1.807) is 6.92 Å². The lowest BCUT2D eigenvalue weighted by atomic mass is 9.44. The fraction of sp³-hybridized carbons (Fsp3) is 0.710. The van der Waals surface area contributed by atoms with Crippen molar-refractivity contribution in [1.29, 1.82) is 0 Å². The Hall–Kier alpha value is -1.59. The van der Waals surface area contributed by atoms with Crippen LogP contribution in [0.15, 0.2) is 24.3 Å². The van der Waals surface area contributed by atoms with Crippen LogP contribution in [0.5, 0.6) is 0 Å². The van der Waals surface area contributed by atoms with Crippen molar-refractivity contribution in [1.82, 2.24) is 0 Å². The Morgan fingerprint density at radius 1 is 1.03 bits per heavy atom. The third-order valence-corrected chi connectivity index (χ3v) is 11.1. The molecule has 2 heteroatoms. The molecule has 1 aromatic carbocycles. The Morgan fingerprint density at radius 3 is 2.58 bits per heavy atom. The van der Waals surface area contributed by atoms with E-state index >= 15 is 0 Å². The lowest BCUT2D eigenvalue weighted by Gasteiger charge is -2.61. The zero-order valence-electron chi connectivity index (χ0n) is 21.1. The molecular formula is C31H42O2. The number of Topliss-reactive ketones (excluding diaryl/α,β-unsaturated/α-hetero) is 1. The van der Waals surface area contributed by atoms with E-state index in [1.807, 2.05) is 24.3 Å². The Balaban J connectivity index is 1.33. The molecule has 4 saturated carbocycles. The molecule has 0 aromatic heterocycles. The van der Waals surface area contributed by atoms with Crippen LogP contribution in [-0.4, -0.2) is 16.5 Å². The number of carbonyl (C=O) groups excluding carboxylic acids is 1. The fourth-order valence-corrected chi connectivity index (χ4v) is 9.14. The second-order valence-electron chi connectivity index (χ2n) is 12.5. The molecule has 0 bridgehead atoms. The minimum Gasteiger partial charge on any atom is -0.378 e. The molecular weight excluding hydrogens is 404 g/mol. The molecule has 0 heterocycles. The number of rotatable bonds is 2. The predicted octanol–water partition coefficient (Wildman–Crippen LogP) is 7.04. The van der Waals surface area contributed by atoms with Gasteiger partial charge in [-0.1, -0.05) is 51.2 Å². The standard InChI is InChI=1S/C31H42O2/c1-5-24-10-12-27-26-11-9-25-20-31(33,16-13-22-7-6-8-23(19-22)21(2)32)18-17-30(25,4)28(26)14-15-29(24,27)3/h6-8,19,24-28,33H,5,9-12,14-15,17-18,20H2,1-4H3/t24-,25+,26-,27-,28-,29+,30-,31+/m0/s1. The summed E-state index contributed by atoms with van der Waals surface area (Å²) in [6.45, 7) is 9.18. The zero-order chi connectivity index (χ0) is 23.4. The molecule has 0 amide bonds. The summed E-state index contributed by atoms with van der Waals surface area (Å²) in [5.74, 6) is 10.7. The Labute approximate surface area is 200 Å². The molecule has 4 aliphatic carbocycles. The van der Waals surface area contributed by atoms with E-state index in [0.717, 1.165) is 48.5 Å². The molecule has 0 saturated heterocycles. The van der Waals surface area contributed by atoms with Crippen molar-refractivity contribution in [2.75, 3.05) is 0 Å². The van der Waals surface area contributed by atoms with E-state index in [9.17, 15) is 9.90 Å². The molecule has 178 valence electrons. The largest absolute Gasteiger partial charge is 0.378 e. The Kier molecular flexibility index (Phi) is 5.80. The number of ketones is 1. The first-order chi connectivity index (χ1) is 15.7. The Morgan fingerprint density at radius 2 is 1.82 bits per heavy atom. The van der Waals surface area contributed by atoms with Gasteiger partial charge >= 0.3 is 0 Å². The molecule has 1 N–H and O–H groups in total. The fourth-order valence-electron chi connectivity index (χ4n) is 9.14. The number of hydrogen-bond acceptors (Lipinski definition) is 2. The highest BCUT2D eigenvalue weighted by Crippen LogP contribution is 2.68. The summed E-state index contributed by atoms with van der Waals surface area (Å²) >= 11 is 0. The first-order valence-electron chi connectivity index (χ1n) is 13.5. The van der Waals surface area contributed by atoms with Crippen LogP contribution in [-0.2, 0) is 0 Å². The van der Waals surface area contributed by atoms with E-state index in [0.29, 0.717) is 22.3 Å². The van der Waals surface area contributed by atoms with Gasteiger partial charge in [0.1, 0.15) is 5.60 Å². The average molecular weight is 447 g/mol. The van der Waals surface area contributed by atoms with E-state index in [1.165, 1.54) is 44.9 Å². The van der Waals surface area contributed by atoms with Crippen LogP contribution in [0, 0.1) is 52.3 Å². The van der Waals surface area contributed by atoms with Crippen molar-refractivity contribution < 1.29 is 9.90 Å². The molecule has 2 nitrogen and oxygen atoms in total. The van der Waals surface area contributed by atoms with Crippen molar-refractivity contribution in [3.63, 3.8) is 0 Å². The first kappa shape index (κ1) is 23.2. The minimum atomic E-state index is -0.896. The van der Waals surface area contributed by atoms with Gasteiger partial charge < -0.3 is 5.11 Å². The predicted molar refractivity (Wildman–Crippen MR) is 134 cm³/mol. The van der Waals surface area contributed by atoms with E-state index in [4.69, 9.17) is 0 Å². The van der Waals surface area contributed by atoms with Gasteiger partial charge in [0.15, 0.2) is 5.78 Å². The van der Waals surface area contributed by atoms with Crippen molar-refractivity contribution in [3.8, 4) is 11.8 Å². The SMILES string of the molecule is CC[C@H]1CC[C@H]2[C@@H]3CC[C@@H]4C[C@@](O)(C#Cc5cccc(C(C)=O)c5)CC[C@]4(C)[C@H]3CC[C@]12C. The number of aliphatic hydroxyl groups is 1. The van der Waals surface area contributed by atoms with Crippen LogP contribution in [0.1, 0.15) is 108 Å². The van der Waals surface area contributed by atoms with Gasteiger partial charge in [0.05, 0.1) is 0 Å². The summed E-state index contributed by atoms with van der Waals surface area (Å²) in [5.41, 5.74) is 1.55. The van der Waals surface area contributed by atoms with Crippen molar-refractivity contribution in [2.45, 2.75) is 97.5 Å². The summed E-state index contributed by atoms with van der Waals surface area (Å²) in [4.78, 5) is 11.7. The first-order valence-corrected chi connectivity index (χ1v) is 13.5. The highest BCUT2D eigenvalue weighted by molar-refractivity contribution is 5.94. The van der Waals surface area contributed by atoms with Crippen LogP contribution < -0.4 is 0 Å². The van der Waals surface area contributed by atoms with Gasteiger partial charge in [0.2, 0.25) is 0 Å². The highest BCUT2D eigenvalue weighted by atomic mass is 16.3. The zero-order valence-corrected chi connectivity index (χ0v) is 21.1. The van der Waals surface area contributed by atoms with Crippen LogP contribution >= 0.6 is 0 Å². The monoisotopic (exact) mass is 446 g/mol. The van der Waals surface area contributed by atoms with E-state index in [-0.39, 0.29) is 5.78 Å². The topological polar surface area (TPSA) is 37.3 Å². The molecule has 8 atom stereocenters. The minimum absolute atomic E-state index is 0.0543. The molecule has 0 unspecified atom stereocenters. The number of carbonyl (C=O) groups is 1. The molecule has 4 fully saturated rings. The summed E-state index contributed by atoms with van der Waals surface area (Å²) in [6.07, 6.45) is 12.3. The summed E-state index contributed by atoms with van der Waals surface area (Å²) < 4.78 is 0. The van der Waals surface area contributed by atoms with Crippen LogP contribution in [0.4, 0.5) is 0 Å². The molecule has 4 aliphatic rings. The van der Waals surface area contributed by atoms with Gasteiger partial charge in [-0.25, -0.2) is 0 Å². The number of fused-ring (bicyclic) bond motifs is 5. The number of benzene rings is 1. The summed E-state index contributed by atoms with van der Waals surface area (Å²) in [6, 6.07) is 7.49. The molecule has 0 spiro atoms. The summed E-state index contributed by atoms with van der Waals surface area (Å²) in [5, 5.41) is 11.5. The van der Waals surface area contributed by atoms with E-state index < -0.39 is 5.60 Å². The molecule has 5 rings (SSSR count). The van der Waals surface area contributed by atoms with Gasteiger partial charge in [-0.05, 0) is 117 Å². The molecule has 33 heavy (non-hydrogen) atoms. The van der Waals surface area contributed by atoms with Crippen molar-refractivity contribution in [2.24, 2.45) is 40.4 Å². The quantitative estimate of drug-likeness (QED) is 0.391. The van der Waals surface area contributed by atoms with Gasteiger partial charge in [-0.2, -0.15) is 0 Å². The average Bonchev–Trinajstić information content (AvgIpc) is 3.15. The molecule has 1 aromatic rings. The van der Waals surface area contributed by atoms with Gasteiger partial charge in [-0.15, -0.1) is 0 Å². The maximum atomic E-state index is 11.7. The van der Waals surface area contributed by atoms with Crippen LogP contribution in [0.2, 0.25) is 0 Å². The normalized spacial score (nSPS) is 44.1. The third kappa shape index (κ3) is 3.80. The van der Waals surface area contributed by atoms with Crippen molar-refractivity contribution in [3.05, 3.63) is 35.4 Å². The maximum absolute atomic E-state index is 11.7.